The van der Waals surface area contributed by atoms with Gasteiger partial charge in [0, 0.05) is 6.42 Å². The summed E-state index contributed by atoms with van der Waals surface area (Å²) in [5.41, 5.74) is -0.845. The molecule has 2 N–H and O–H groups in total. The zero-order chi connectivity index (χ0) is 14.5. The van der Waals surface area contributed by atoms with Crippen molar-refractivity contribution in [3.05, 3.63) is 35.9 Å². The number of benzene rings is 1. The Kier molecular flexibility index (Phi) is 5.06. The van der Waals surface area contributed by atoms with Crippen LogP contribution < -0.4 is 0 Å². The van der Waals surface area contributed by atoms with Crippen molar-refractivity contribution in [2.75, 3.05) is 6.61 Å². The van der Waals surface area contributed by atoms with Crippen molar-refractivity contribution >= 4 is 11.9 Å². The molecular weight excluding hydrogens is 248 g/mol. The highest BCUT2D eigenvalue weighted by molar-refractivity contribution is 5.94. The van der Waals surface area contributed by atoms with Gasteiger partial charge in [-0.2, -0.15) is 0 Å². The summed E-state index contributed by atoms with van der Waals surface area (Å²) in [4.78, 5) is 22.7. The lowest BCUT2D eigenvalue weighted by Crippen LogP contribution is -2.34. The smallest absolute Gasteiger partial charge is 0.320 e. The Hall–Kier alpha value is -1.88. The SMILES string of the molecule is CCOC(=O)C(CC(C)(O)c1ccccc1)C(=O)O. The summed E-state index contributed by atoms with van der Waals surface area (Å²) in [7, 11) is 0. The van der Waals surface area contributed by atoms with Crippen LogP contribution in [0.3, 0.4) is 0 Å². The molecule has 0 amide bonds. The molecule has 0 bridgehead atoms. The number of ether oxygens (including phenoxy) is 1. The fourth-order valence-electron chi connectivity index (χ4n) is 1.83. The van der Waals surface area contributed by atoms with Gasteiger partial charge in [-0.25, -0.2) is 0 Å². The molecule has 5 nitrogen and oxygen atoms in total. The van der Waals surface area contributed by atoms with Crippen LogP contribution in [0.25, 0.3) is 0 Å². The molecule has 0 aromatic heterocycles. The van der Waals surface area contributed by atoms with Gasteiger partial charge in [0.1, 0.15) is 0 Å². The Morgan fingerprint density at radius 2 is 1.89 bits per heavy atom. The average Bonchev–Trinajstić information content (AvgIpc) is 2.37. The molecule has 104 valence electrons. The first-order chi connectivity index (χ1) is 8.88. The molecule has 1 aromatic carbocycles. The largest absolute Gasteiger partial charge is 0.481 e. The third-order valence-electron chi connectivity index (χ3n) is 2.87. The maximum Gasteiger partial charge on any atom is 0.320 e. The first-order valence-corrected chi connectivity index (χ1v) is 6.06. The number of carbonyl (C=O) groups excluding carboxylic acids is 1. The van der Waals surface area contributed by atoms with Crippen LogP contribution in [0.5, 0.6) is 0 Å². The van der Waals surface area contributed by atoms with Crippen molar-refractivity contribution in [2.45, 2.75) is 25.9 Å². The Morgan fingerprint density at radius 3 is 2.37 bits per heavy atom. The zero-order valence-electron chi connectivity index (χ0n) is 11.0. The predicted molar refractivity (Wildman–Crippen MR) is 68.4 cm³/mol. The highest BCUT2D eigenvalue weighted by Crippen LogP contribution is 2.28. The highest BCUT2D eigenvalue weighted by Gasteiger charge is 2.36. The van der Waals surface area contributed by atoms with Gasteiger partial charge in [-0.1, -0.05) is 30.3 Å². The van der Waals surface area contributed by atoms with Crippen LogP contribution in [0.2, 0.25) is 0 Å². The second kappa shape index (κ2) is 6.33. The van der Waals surface area contributed by atoms with Crippen molar-refractivity contribution < 1.29 is 24.5 Å². The molecule has 0 aliphatic heterocycles. The van der Waals surface area contributed by atoms with E-state index in [9.17, 15) is 14.7 Å². The Balaban J connectivity index is 2.90. The van der Waals surface area contributed by atoms with Gasteiger partial charge < -0.3 is 14.9 Å². The first kappa shape index (κ1) is 15.2. The lowest BCUT2D eigenvalue weighted by molar-refractivity contribution is -0.161. The van der Waals surface area contributed by atoms with Gasteiger partial charge >= 0.3 is 11.9 Å². The molecule has 0 aliphatic carbocycles. The number of carboxylic acids is 1. The number of aliphatic hydroxyl groups is 1. The summed E-state index contributed by atoms with van der Waals surface area (Å²) >= 11 is 0. The maximum absolute atomic E-state index is 11.6. The summed E-state index contributed by atoms with van der Waals surface area (Å²) in [5.74, 6) is -3.50. The van der Waals surface area contributed by atoms with Crippen LogP contribution in [-0.2, 0) is 19.9 Å². The molecule has 2 unspecified atom stereocenters. The number of hydrogen-bond acceptors (Lipinski definition) is 4. The van der Waals surface area contributed by atoms with Gasteiger partial charge in [0.15, 0.2) is 5.92 Å². The van der Waals surface area contributed by atoms with Crippen molar-refractivity contribution in [1.29, 1.82) is 0 Å². The lowest BCUT2D eigenvalue weighted by atomic mass is 9.86. The van der Waals surface area contributed by atoms with E-state index in [0.29, 0.717) is 5.56 Å². The normalized spacial score (nSPS) is 15.3. The van der Waals surface area contributed by atoms with Gasteiger partial charge in [-0.3, -0.25) is 9.59 Å². The molecule has 0 spiro atoms. The Morgan fingerprint density at radius 1 is 1.32 bits per heavy atom. The minimum Gasteiger partial charge on any atom is -0.481 e. The van der Waals surface area contributed by atoms with Crippen LogP contribution in [0, 0.1) is 5.92 Å². The van der Waals surface area contributed by atoms with Gasteiger partial charge in [0.2, 0.25) is 0 Å². The van der Waals surface area contributed by atoms with E-state index in [1.54, 1.807) is 37.3 Å². The average molecular weight is 266 g/mol. The molecule has 0 radical (unpaired) electrons. The van der Waals surface area contributed by atoms with E-state index in [-0.39, 0.29) is 13.0 Å². The summed E-state index contributed by atoms with van der Waals surface area (Å²) in [5, 5.41) is 19.4. The van der Waals surface area contributed by atoms with Crippen LogP contribution in [-0.4, -0.2) is 28.8 Å². The third kappa shape index (κ3) is 4.06. The molecular formula is C14H18O5. The summed E-state index contributed by atoms with van der Waals surface area (Å²) in [6.07, 6.45) is -0.231. The molecule has 0 saturated heterocycles. The monoisotopic (exact) mass is 266 g/mol. The Bertz CT molecular complexity index is 438. The topological polar surface area (TPSA) is 83.8 Å². The quantitative estimate of drug-likeness (QED) is 0.603. The fraction of sp³-hybridized carbons (Fsp3) is 0.429. The molecule has 1 aromatic rings. The molecule has 0 saturated carbocycles. The van der Waals surface area contributed by atoms with E-state index in [2.05, 4.69) is 0 Å². The maximum atomic E-state index is 11.6. The fourth-order valence-corrected chi connectivity index (χ4v) is 1.83. The molecule has 5 heteroatoms. The minimum absolute atomic E-state index is 0.107. The summed E-state index contributed by atoms with van der Waals surface area (Å²) in [6, 6.07) is 8.64. The van der Waals surface area contributed by atoms with Crippen LogP contribution in [0.15, 0.2) is 30.3 Å². The number of hydrogen-bond donors (Lipinski definition) is 2. The summed E-state index contributed by atoms with van der Waals surface area (Å²) < 4.78 is 4.72. The van der Waals surface area contributed by atoms with E-state index in [1.807, 2.05) is 0 Å². The number of rotatable bonds is 6. The van der Waals surface area contributed by atoms with Crippen molar-refractivity contribution in [2.24, 2.45) is 5.92 Å². The van der Waals surface area contributed by atoms with Crippen LogP contribution >= 0.6 is 0 Å². The van der Waals surface area contributed by atoms with E-state index < -0.39 is 23.5 Å². The standard InChI is InChI=1S/C14H18O5/c1-3-19-13(17)11(12(15)16)9-14(2,18)10-7-5-4-6-8-10/h4-8,11,18H,3,9H2,1-2H3,(H,15,16). The molecule has 1 rings (SSSR count). The number of aliphatic carboxylic acids is 1. The predicted octanol–water partition coefficient (Wildman–Crippen LogP) is 1.55. The van der Waals surface area contributed by atoms with Crippen molar-refractivity contribution in [1.82, 2.24) is 0 Å². The highest BCUT2D eigenvalue weighted by atomic mass is 16.5. The number of carbonyl (C=O) groups is 2. The summed E-state index contributed by atoms with van der Waals surface area (Å²) in [6.45, 7) is 3.19. The first-order valence-electron chi connectivity index (χ1n) is 6.06. The molecule has 19 heavy (non-hydrogen) atoms. The van der Waals surface area contributed by atoms with Crippen LogP contribution in [0.1, 0.15) is 25.8 Å². The molecule has 0 fully saturated rings. The Labute approximate surface area is 111 Å². The van der Waals surface area contributed by atoms with Gasteiger partial charge in [0.05, 0.1) is 12.2 Å². The van der Waals surface area contributed by atoms with Crippen molar-refractivity contribution in [3.8, 4) is 0 Å². The molecule has 0 heterocycles. The second-order valence-electron chi connectivity index (χ2n) is 4.49. The number of carboxylic acid groups (broad SMARTS) is 1. The van der Waals surface area contributed by atoms with E-state index in [1.165, 1.54) is 6.92 Å². The molecule has 0 aliphatic rings. The number of esters is 1. The van der Waals surface area contributed by atoms with E-state index in [4.69, 9.17) is 9.84 Å². The molecule has 2 atom stereocenters. The van der Waals surface area contributed by atoms with Gasteiger partial charge in [-0.05, 0) is 19.4 Å². The van der Waals surface area contributed by atoms with E-state index in [0.717, 1.165) is 0 Å². The van der Waals surface area contributed by atoms with E-state index >= 15 is 0 Å². The van der Waals surface area contributed by atoms with Gasteiger partial charge in [0.25, 0.3) is 0 Å². The van der Waals surface area contributed by atoms with Gasteiger partial charge in [-0.15, -0.1) is 0 Å². The zero-order valence-corrected chi connectivity index (χ0v) is 11.0. The van der Waals surface area contributed by atoms with Crippen molar-refractivity contribution in [3.63, 3.8) is 0 Å². The lowest BCUT2D eigenvalue weighted by Gasteiger charge is -2.26. The second-order valence-corrected chi connectivity index (χ2v) is 4.49. The van der Waals surface area contributed by atoms with Crippen LogP contribution in [0.4, 0.5) is 0 Å². The minimum atomic E-state index is -1.41. The third-order valence-corrected chi connectivity index (χ3v) is 2.87.